The van der Waals surface area contributed by atoms with Crippen LogP contribution in [0.4, 0.5) is 0 Å². The van der Waals surface area contributed by atoms with E-state index in [0.29, 0.717) is 0 Å². The Kier molecular flexibility index (Phi) is 6.29. The van der Waals surface area contributed by atoms with Crippen molar-refractivity contribution in [1.29, 1.82) is 0 Å². The number of amides is 1. The zero-order valence-electron chi connectivity index (χ0n) is 16.4. The quantitative estimate of drug-likeness (QED) is 0.835. The number of nitrogens with zero attached hydrogens (tertiary/aromatic N) is 1. The molecule has 0 unspecified atom stereocenters. The first-order valence-electron chi connectivity index (χ1n) is 8.13. The molecule has 0 fully saturated rings. The Bertz CT molecular complexity index is 732. The van der Waals surface area contributed by atoms with Gasteiger partial charge in [0.1, 0.15) is 10.6 Å². The summed E-state index contributed by atoms with van der Waals surface area (Å²) in [5.41, 5.74) is -0.0883. The molecule has 0 aromatic heterocycles. The summed E-state index contributed by atoms with van der Waals surface area (Å²) >= 11 is 0. The predicted molar refractivity (Wildman–Crippen MR) is 99.5 cm³/mol. The standard InChI is InChI=1S/C18H30N2O4S/c1-17(2,3)12-18(4,5)19-16(21)13-9-10-14(24-8)15(11-13)25(22,23)20(6)7/h9-11H,12H2,1-8H3,(H,19,21). The van der Waals surface area contributed by atoms with E-state index in [-0.39, 0.29) is 27.5 Å². The van der Waals surface area contributed by atoms with Gasteiger partial charge < -0.3 is 10.1 Å². The van der Waals surface area contributed by atoms with Crippen LogP contribution >= 0.6 is 0 Å². The lowest BCUT2D eigenvalue weighted by Crippen LogP contribution is -2.45. The highest BCUT2D eigenvalue weighted by Crippen LogP contribution is 2.29. The summed E-state index contributed by atoms with van der Waals surface area (Å²) in [6, 6.07) is 4.43. The van der Waals surface area contributed by atoms with Gasteiger partial charge in [0.05, 0.1) is 7.11 Å². The number of carbonyl (C=O) groups excluding carboxylic acids is 1. The van der Waals surface area contributed by atoms with Gasteiger partial charge in [-0.3, -0.25) is 4.79 Å². The van der Waals surface area contributed by atoms with Gasteiger partial charge in [-0.05, 0) is 43.9 Å². The molecule has 0 atom stereocenters. The second-order valence-electron chi connectivity index (χ2n) is 8.23. The molecular formula is C18H30N2O4S. The number of nitrogens with one attached hydrogen (secondary N) is 1. The number of hydrogen-bond acceptors (Lipinski definition) is 4. The minimum Gasteiger partial charge on any atom is -0.495 e. The van der Waals surface area contributed by atoms with Crippen LogP contribution in [0, 0.1) is 5.41 Å². The number of sulfonamides is 1. The number of rotatable bonds is 6. The maximum Gasteiger partial charge on any atom is 0.251 e. The Hall–Kier alpha value is -1.60. The van der Waals surface area contributed by atoms with E-state index < -0.39 is 15.6 Å². The van der Waals surface area contributed by atoms with Crippen molar-refractivity contribution in [3.8, 4) is 5.75 Å². The van der Waals surface area contributed by atoms with Crippen molar-refractivity contribution in [1.82, 2.24) is 9.62 Å². The highest BCUT2D eigenvalue weighted by molar-refractivity contribution is 7.89. The molecule has 1 aromatic rings. The number of methoxy groups -OCH3 is 1. The van der Waals surface area contributed by atoms with Gasteiger partial charge in [0, 0.05) is 25.2 Å². The highest BCUT2D eigenvalue weighted by Gasteiger charge is 2.29. The first kappa shape index (κ1) is 21.4. The lowest BCUT2D eigenvalue weighted by atomic mass is 9.81. The van der Waals surface area contributed by atoms with Crippen LogP contribution in [0.2, 0.25) is 0 Å². The normalized spacial score (nSPS) is 13.0. The molecule has 25 heavy (non-hydrogen) atoms. The van der Waals surface area contributed by atoms with Crippen molar-refractivity contribution < 1.29 is 17.9 Å². The van der Waals surface area contributed by atoms with Gasteiger partial charge >= 0.3 is 0 Å². The summed E-state index contributed by atoms with van der Waals surface area (Å²) in [7, 11) is 0.556. The smallest absolute Gasteiger partial charge is 0.251 e. The SMILES string of the molecule is COc1ccc(C(=O)NC(C)(C)CC(C)(C)C)cc1S(=O)(=O)N(C)C. The number of benzene rings is 1. The molecule has 0 aliphatic rings. The summed E-state index contributed by atoms with van der Waals surface area (Å²) < 4.78 is 31.2. The summed E-state index contributed by atoms with van der Waals surface area (Å²) in [5.74, 6) is -0.105. The monoisotopic (exact) mass is 370 g/mol. The van der Waals surface area contributed by atoms with E-state index in [1.165, 1.54) is 33.3 Å². The fourth-order valence-electron chi connectivity index (χ4n) is 2.97. The van der Waals surface area contributed by atoms with Crippen LogP contribution in [0.1, 0.15) is 51.4 Å². The average molecular weight is 371 g/mol. The molecule has 1 rings (SSSR count). The number of carbonyl (C=O) groups is 1. The number of ether oxygens (including phenoxy) is 1. The molecule has 142 valence electrons. The van der Waals surface area contributed by atoms with Crippen molar-refractivity contribution in [2.24, 2.45) is 5.41 Å². The molecule has 0 heterocycles. The molecule has 1 amide bonds. The van der Waals surface area contributed by atoms with Gasteiger partial charge in [0.25, 0.3) is 5.91 Å². The summed E-state index contributed by atoms with van der Waals surface area (Å²) in [4.78, 5) is 12.6. The first-order valence-corrected chi connectivity index (χ1v) is 9.57. The van der Waals surface area contributed by atoms with Crippen LogP contribution in [0.5, 0.6) is 5.75 Å². The molecule has 0 spiro atoms. The van der Waals surface area contributed by atoms with Crippen LogP contribution in [-0.4, -0.2) is 45.4 Å². The van der Waals surface area contributed by atoms with Gasteiger partial charge in [-0.25, -0.2) is 12.7 Å². The van der Waals surface area contributed by atoms with Gasteiger partial charge in [0.15, 0.2) is 0 Å². The third-order valence-electron chi connectivity index (χ3n) is 3.61. The first-order chi connectivity index (χ1) is 11.2. The zero-order valence-corrected chi connectivity index (χ0v) is 17.2. The van der Waals surface area contributed by atoms with E-state index in [2.05, 4.69) is 26.1 Å². The fraction of sp³-hybridized carbons (Fsp3) is 0.611. The largest absolute Gasteiger partial charge is 0.495 e. The Morgan fingerprint density at radius 1 is 1.16 bits per heavy atom. The predicted octanol–water partition coefficient (Wildman–Crippen LogP) is 2.89. The molecule has 0 aliphatic carbocycles. The van der Waals surface area contributed by atoms with Crippen LogP contribution in [0.25, 0.3) is 0 Å². The molecule has 0 saturated carbocycles. The fourth-order valence-corrected chi connectivity index (χ4v) is 4.04. The van der Waals surface area contributed by atoms with Gasteiger partial charge in [-0.1, -0.05) is 20.8 Å². The van der Waals surface area contributed by atoms with Crippen molar-refractivity contribution in [3.63, 3.8) is 0 Å². The number of hydrogen-bond donors (Lipinski definition) is 1. The van der Waals surface area contributed by atoms with E-state index in [4.69, 9.17) is 4.74 Å². The van der Waals surface area contributed by atoms with Crippen molar-refractivity contribution >= 4 is 15.9 Å². The van der Waals surface area contributed by atoms with Gasteiger partial charge in [-0.15, -0.1) is 0 Å². The summed E-state index contributed by atoms with van der Waals surface area (Å²) in [6.45, 7) is 10.2. The van der Waals surface area contributed by atoms with Crippen LogP contribution in [0.3, 0.4) is 0 Å². The van der Waals surface area contributed by atoms with Crippen LogP contribution in [0.15, 0.2) is 23.1 Å². The summed E-state index contributed by atoms with van der Waals surface area (Å²) in [5, 5.41) is 2.99. The molecule has 7 heteroatoms. The van der Waals surface area contributed by atoms with Crippen LogP contribution in [-0.2, 0) is 10.0 Å². The van der Waals surface area contributed by atoms with Crippen molar-refractivity contribution in [3.05, 3.63) is 23.8 Å². The molecular weight excluding hydrogens is 340 g/mol. The topological polar surface area (TPSA) is 75.7 Å². The molecule has 0 saturated heterocycles. The van der Waals surface area contributed by atoms with Crippen molar-refractivity contribution in [2.45, 2.75) is 51.5 Å². The Morgan fingerprint density at radius 3 is 2.16 bits per heavy atom. The van der Waals surface area contributed by atoms with E-state index in [1.54, 1.807) is 6.07 Å². The Morgan fingerprint density at radius 2 is 1.72 bits per heavy atom. The molecule has 1 aromatic carbocycles. The lowest BCUT2D eigenvalue weighted by Gasteiger charge is -2.33. The van der Waals surface area contributed by atoms with Gasteiger partial charge in [0.2, 0.25) is 10.0 Å². The molecule has 1 N–H and O–H groups in total. The van der Waals surface area contributed by atoms with E-state index in [1.807, 2.05) is 13.8 Å². The van der Waals surface area contributed by atoms with E-state index >= 15 is 0 Å². The second kappa shape index (κ2) is 7.33. The zero-order chi connectivity index (χ0) is 19.6. The molecule has 0 radical (unpaired) electrons. The molecule has 0 bridgehead atoms. The highest BCUT2D eigenvalue weighted by atomic mass is 32.2. The Labute approximate surface area is 151 Å². The average Bonchev–Trinajstić information content (AvgIpc) is 2.43. The van der Waals surface area contributed by atoms with E-state index in [9.17, 15) is 13.2 Å². The molecule has 0 aliphatic heterocycles. The minimum absolute atomic E-state index is 0.0266. The maximum absolute atomic E-state index is 12.6. The summed E-state index contributed by atoms with van der Waals surface area (Å²) in [6.07, 6.45) is 0.782. The maximum atomic E-state index is 12.6. The van der Waals surface area contributed by atoms with Gasteiger partial charge in [-0.2, -0.15) is 0 Å². The third-order valence-corrected chi connectivity index (χ3v) is 5.44. The van der Waals surface area contributed by atoms with E-state index in [0.717, 1.165) is 10.7 Å². The molecule has 6 nitrogen and oxygen atoms in total. The van der Waals surface area contributed by atoms with Crippen molar-refractivity contribution in [2.75, 3.05) is 21.2 Å². The second-order valence-corrected chi connectivity index (χ2v) is 10.3. The van der Waals surface area contributed by atoms with Crippen LogP contribution < -0.4 is 10.1 Å². The lowest BCUT2D eigenvalue weighted by molar-refractivity contribution is 0.0891. The third kappa shape index (κ3) is 5.71. The Balaban J connectivity index is 3.21. The minimum atomic E-state index is -3.72.